The molecule has 2 aromatic rings. The molecule has 0 saturated heterocycles. The summed E-state index contributed by atoms with van der Waals surface area (Å²) < 4.78 is 34.2. The smallest absolute Gasteiger partial charge is 0.426 e. The van der Waals surface area contributed by atoms with Crippen LogP contribution in [0.5, 0.6) is 11.5 Å². The summed E-state index contributed by atoms with van der Waals surface area (Å²) in [5, 5.41) is 10.2. The molecule has 140 valence electrons. The van der Waals surface area contributed by atoms with Crippen molar-refractivity contribution in [3.63, 3.8) is 0 Å². The largest absolute Gasteiger partial charge is 0.507 e. The SMILES string of the molecule is C=CCCc1ccc(C(F)(F)Oc2cc(C)c(O)c(C(C)(C)C)c2)cc1. The van der Waals surface area contributed by atoms with Crippen LogP contribution in [-0.4, -0.2) is 5.11 Å². The van der Waals surface area contributed by atoms with Crippen molar-refractivity contribution in [2.75, 3.05) is 0 Å². The van der Waals surface area contributed by atoms with Gasteiger partial charge in [-0.15, -0.1) is 6.58 Å². The lowest BCUT2D eigenvalue weighted by Crippen LogP contribution is -2.22. The minimum atomic E-state index is -3.46. The summed E-state index contributed by atoms with van der Waals surface area (Å²) in [6, 6.07) is 9.04. The van der Waals surface area contributed by atoms with Crippen molar-refractivity contribution in [3.05, 3.63) is 71.3 Å². The van der Waals surface area contributed by atoms with Crippen LogP contribution in [0.1, 0.15) is 49.4 Å². The molecule has 2 aromatic carbocycles. The van der Waals surface area contributed by atoms with Crippen LogP contribution in [0.25, 0.3) is 0 Å². The van der Waals surface area contributed by atoms with E-state index in [4.69, 9.17) is 4.74 Å². The van der Waals surface area contributed by atoms with Crippen molar-refractivity contribution >= 4 is 0 Å². The zero-order chi connectivity index (χ0) is 19.5. The highest BCUT2D eigenvalue weighted by atomic mass is 19.3. The number of halogens is 2. The van der Waals surface area contributed by atoms with Gasteiger partial charge in [0.2, 0.25) is 0 Å². The molecule has 0 radical (unpaired) electrons. The van der Waals surface area contributed by atoms with Gasteiger partial charge in [0.25, 0.3) is 0 Å². The van der Waals surface area contributed by atoms with Gasteiger partial charge >= 0.3 is 6.11 Å². The van der Waals surface area contributed by atoms with Gasteiger partial charge in [0.15, 0.2) is 0 Å². The molecule has 4 heteroatoms. The van der Waals surface area contributed by atoms with Crippen LogP contribution >= 0.6 is 0 Å². The van der Waals surface area contributed by atoms with E-state index in [0.717, 1.165) is 18.4 Å². The number of ether oxygens (including phenoxy) is 1. The number of allylic oxidation sites excluding steroid dienone is 1. The molecule has 0 saturated carbocycles. The molecule has 2 nitrogen and oxygen atoms in total. The molecule has 0 aromatic heterocycles. The van der Waals surface area contributed by atoms with E-state index in [9.17, 15) is 13.9 Å². The molecule has 1 N–H and O–H groups in total. The minimum absolute atomic E-state index is 0.0333. The molecule has 0 bridgehead atoms. The molecule has 0 atom stereocenters. The maximum Gasteiger partial charge on any atom is 0.426 e. The number of aromatic hydroxyl groups is 1. The molecule has 0 aliphatic carbocycles. The maximum atomic E-state index is 14.6. The van der Waals surface area contributed by atoms with E-state index >= 15 is 0 Å². The Morgan fingerprint density at radius 2 is 1.73 bits per heavy atom. The Morgan fingerprint density at radius 1 is 1.12 bits per heavy atom. The Labute approximate surface area is 154 Å². The molecule has 0 spiro atoms. The average molecular weight is 360 g/mol. The summed E-state index contributed by atoms with van der Waals surface area (Å²) in [6.07, 6.45) is -0.0992. The number of hydrogen-bond acceptors (Lipinski definition) is 2. The number of rotatable bonds is 6. The Bertz CT molecular complexity index is 772. The molecular formula is C22H26F2O2. The molecule has 0 unspecified atom stereocenters. The number of phenols is 1. The minimum Gasteiger partial charge on any atom is -0.507 e. The van der Waals surface area contributed by atoms with Crippen LogP contribution in [-0.2, 0) is 17.9 Å². The van der Waals surface area contributed by atoms with E-state index in [1.54, 1.807) is 25.1 Å². The van der Waals surface area contributed by atoms with Crippen molar-refractivity contribution in [1.82, 2.24) is 0 Å². The number of alkyl halides is 2. The third-order valence-electron chi connectivity index (χ3n) is 4.26. The highest BCUT2D eigenvalue weighted by molar-refractivity contribution is 5.49. The van der Waals surface area contributed by atoms with Gasteiger partial charge in [0.05, 0.1) is 5.56 Å². The summed E-state index contributed by atoms with van der Waals surface area (Å²) >= 11 is 0. The topological polar surface area (TPSA) is 29.5 Å². The fourth-order valence-electron chi connectivity index (χ4n) is 2.72. The van der Waals surface area contributed by atoms with E-state index < -0.39 is 11.5 Å². The molecule has 0 heterocycles. The predicted octanol–water partition coefficient (Wildman–Crippen LogP) is 6.25. The molecule has 0 amide bonds. The predicted molar refractivity (Wildman–Crippen MR) is 101 cm³/mol. The molecule has 0 aliphatic heterocycles. The van der Waals surface area contributed by atoms with Crippen LogP contribution < -0.4 is 4.74 Å². The molecular weight excluding hydrogens is 334 g/mol. The number of hydrogen-bond donors (Lipinski definition) is 1. The quantitative estimate of drug-likeness (QED) is 0.617. The number of aryl methyl sites for hydroxylation is 2. The Hall–Kier alpha value is -2.36. The van der Waals surface area contributed by atoms with Crippen molar-refractivity contribution < 1.29 is 18.6 Å². The van der Waals surface area contributed by atoms with Crippen LogP contribution in [0, 0.1) is 6.92 Å². The normalized spacial score (nSPS) is 12.1. The molecule has 0 fully saturated rings. The lowest BCUT2D eigenvalue weighted by Gasteiger charge is -2.24. The lowest BCUT2D eigenvalue weighted by atomic mass is 9.85. The zero-order valence-corrected chi connectivity index (χ0v) is 15.8. The molecule has 2 rings (SSSR count). The third-order valence-corrected chi connectivity index (χ3v) is 4.26. The van der Waals surface area contributed by atoms with Crippen molar-refractivity contribution in [3.8, 4) is 11.5 Å². The van der Waals surface area contributed by atoms with E-state index in [2.05, 4.69) is 6.58 Å². The monoisotopic (exact) mass is 360 g/mol. The van der Waals surface area contributed by atoms with Crippen LogP contribution in [0.3, 0.4) is 0 Å². The van der Waals surface area contributed by atoms with Gasteiger partial charge < -0.3 is 9.84 Å². The fraction of sp³-hybridized carbons (Fsp3) is 0.364. The molecule has 0 aliphatic rings. The Morgan fingerprint density at radius 3 is 2.27 bits per heavy atom. The second kappa shape index (κ2) is 7.48. The van der Waals surface area contributed by atoms with Gasteiger partial charge in [0, 0.05) is 5.56 Å². The van der Waals surface area contributed by atoms with Crippen molar-refractivity contribution in [2.24, 2.45) is 0 Å². The van der Waals surface area contributed by atoms with Gasteiger partial charge in [-0.25, -0.2) is 0 Å². The molecule has 26 heavy (non-hydrogen) atoms. The first-order valence-electron chi connectivity index (χ1n) is 8.66. The van der Waals surface area contributed by atoms with Crippen LogP contribution in [0.15, 0.2) is 49.1 Å². The summed E-state index contributed by atoms with van der Waals surface area (Å²) in [6.45, 7) is 11.1. The second-order valence-electron chi connectivity index (χ2n) is 7.53. The highest BCUT2D eigenvalue weighted by Crippen LogP contribution is 2.39. The van der Waals surface area contributed by atoms with Gasteiger partial charge in [-0.1, -0.05) is 39.0 Å². The van der Waals surface area contributed by atoms with Gasteiger partial charge in [-0.05, 0) is 60.6 Å². The zero-order valence-electron chi connectivity index (χ0n) is 15.8. The first-order valence-corrected chi connectivity index (χ1v) is 8.66. The van der Waals surface area contributed by atoms with Gasteiger partial charge in [0.1, 0.15) is 11.5 Å². The Kier molecular flexibility index (Phi) is 5.74. The summed E-state index contributed by atoms with van der Waals surface area (Å²) in [7, 11) is 0. The van der Waals surface area contributed by atoms with Crippen molar-refractivity contribution in [1.29, 1.82) is 0 Å². The van der Waals surface area contributed by atoms with E-state index in [1.807, 2.05) is 20.8 Å². The van der Waals surface area contributed by atoms with Crippen molar-refractivity contribution in [2.45, 2.75) is 52.1 Å². The van der Waals surface area contributed by atoms with E-state index in [0.29, 0.717) is 11.1 Å². The van der Waals surface area contributed by atoms with Crippen LogP contribution in [0.4, 0.5) is 8.78 Å². The lowest BCUT2D eigenvalue weighted by molar-refractivity contribution is -0.185. The number of benzene rings is 2. The van der Waals surface area contributed by atoms with Crippen LogP contribution in [0.2, 0.25) is 0 Å². The maximum absolute atomic E-state index is 14.6. The standard InChI is InChI=1S/C22H26F2O2/c1-6-7-8-16-9-11-17(12-10-16)22(23,24)26-18-13-15(2)20(25)19(14-18)21(3,4)5/h6,9-14,25H,1,7-8H2,2-5H3. The summed E-state index contributed by atoms with van der Waals surface area (Å²) in [5.41, 5.74) is 1.45. The first-order chi connectivity index (χ1) is 12.0. The fourth-order valence-corrected chi connectivity index (χ4v) is 2.72. The number of phenolic OH excluding ortho intramolecular Hbond substituents is 1. The second-order valence-corrected chi connectivity index (χ2v) is 7.53. The average Bonchev–Trinajstić information content (AvgIpc) is 2.55. The first kappa shape index (κ1) is 20.0. The third kappa shape index (κ3) is 4.63. The summed E-state index contributed by atoms with van der Waals surface area (Å²) in [5.74, 6) is 0.144. The van der Waals surface area contributed by atoms with E-state index in [-0.39, 0.29) is 17.1 Å². The van der Waals surface area contributed by atoms with E-state index in [1.165, 1.54) is 24.3 Å². The highest BCUT2D eigenvalue weighted by Gasteiger charge is 2.35. The van der Waals surface area contributed by atoms with Gasteiger partial charge in [-0.3, -0.25) is 0 Å². The Balaban J connectivity index is 2.28. The van der Waals surface area contributed by atoms with Gasteiger partial charge in [-0.2, -0.15) is 8.78 Å². The summed E-state index contributed by atoms with van der Waals surface area (Å²) in [4.78, 5) is 0.